The van der Waals surface area contributed by atoms with Crippen LogP contribution in [-0.4, -0.2) is 22.2 Å². The predicted octanol–water partition coefficient (Wildman–Crippen LogP) is 3.69. The van der Waals surface area contributed by atoms with E-state index in [0.29, 0.717) is 0 Å². The van der Waals surface area contributed by atoms with E-state index in [0.717, 1.165) is 44.9 Å². The maximum absolute atomic E-state index is 10.7. The molecule has 106 valence electrons. The van der Waals surface area contributed by atoms with Gasteiger partial charge in [-0.2, -0.15) is 0 Å². The molecule has 0 radical (unpaired) electrons. The van der Waals surface area contributed by atoms with Crippen LogP contribution in [0.15, 0.2) is 0 Å². The molecule has 0 spiro atoms. The first-order valence-corrected chi connectivity index (χ1v) is 6.89. The molecule has 18 heavy (non-hydrogen) atoms. The SMILES string of the molecule is CCC(CC)(CCCCCC(=O)O)CCC(=O)O. The van der Waals surface area contributed by atoms with Crippen molar-refractivity contribution in [2.45, 2.75) is 71.6 Å². The summed E-state index contributed by atoms with van der Waals surface area (Å²) in [6.07, 6.45) is 6.83. The fraction of sp³-hybridized carbons (Fsp3) is 0.857. The highest BCUT2D eigenvalue weighted by molar-refractivity contribution is 5.66. The summed E-state index contributed by atoms with van der Waals surface area (Å²) >= 11 is 0. The fourth-order valence-electron chi connectivity index (χ4n) is 2.41. The van der Waals surface area contributed by atoms with Crippen LogP contribution in [0.3, 0.4) is 0 Å². The molecule has 2 N–H and O–H groups in total. The largest absolute Gasteiger partial charge is 0.481 e. The van der Waals surface area contributed by atoms with Gasteiger partial charge in [0.1, 0.15) is 0 Å². The fourth-order valence-corrected chi connectivity index (χ4v) is 2.41. The molecule has 0 fully saturated rings. The molecular formula is C14H26O4. The Balaban J connectivity index is 4.01. The summed E-state index contributed by atoms with van der Waals surface area (Å²) in [5.74, 6) is -1.47. The molecule has 0 aliphatic rings. The van der Waals surface area contributed by atoms with E-state index < -0.39 is 11.9 Å². The Hall–Kier alpha value is -1.06. The Bertz CT molecular complexity index is 257. The van der Waals surface area contributed by atoms with Crippen molar-refractivity contribution in [2.24, 2.45) is 5.41 Å². The van der Waals surface area contributed by atoms with Gasteiger partial charge in [-0.25, -0.2) is 0 Å². The first kappa shape index (κ1) is 16.9. The summed E-state index contributed by atoms with van der Waals surface area (Å²) in [4.78, 5) is 21.0. The lowest BCUT2D eigenvalue weighted by Crippen LogP contribution is -2.20. The summed E-state index contributed by atoms with van der Waals surface area (Å²) in [6.45, 7) is 4.23. The second-order valence-electron chi connectivity index (χ2n) is 5.06. The molecule has 0 unspecified atom stereocenters. The van der Waals surface area contributed by atoms with Crippen molar-refractivity contribution in [3.63, 3.8) is 0 Å². The van der Waals surface area contributed by atoms with Gasteiger partial charge >= 0.3 is 11.9 Å². The lowest BCUT2D eigenvalue weighted by Gasteiger charge is -2.31. The molecular weight excluding hydrogens is 232 g/mol. The van der Waals surface area contributed by atoms with E-state index in [1.165, 1.54) is 0 Å². The van der Waals surface area contributed by atoms with Crippen molar-refractivity contribution in [1.29, 1.82) is 0 Å². The summed E-state index contributed by atoms with van der Waals surface area (Å²) in [5, 5.41) is 17.3. The Labute approximate surface area is 109 Å². The minimum Gasteiger partial charge on any atom is -0.481 e. The Morgan fingerprint density at radius 1 is 0.833 bits per heavy atom. The normalized spacial score (nSPS) is 11.4. The van der Waals surface area contributed by atoms with Crippen LogP contribution in [0.2, 0.25) is 0 Å². The maximum atomic E-state index is 10.7. The molecule has 0 heterocycles. The number of hydrogen-bond donors (Lipinski definition) is 2. The first-order chi connectivity index (χ1) is 8.45. The molecule has 0 aromatic heterocycles. The van der Waals surface area contributed by atoms with Crippen LogP contribution in [0, 0.1) is 5.41 Å². The van der Waals surface area contributed by atoms with Crippen LogP contribution in [0.25, 0.3) is 0 Å². The van der Waals surface area contributed by atoms with Gasteiger partial charge in [0, 0.05) is 12.8 Å². The lowest BCUT2D eigenvalue weighted by molar-refractivity contribution is -0.138. The van der Waals surface area contributed by atoms with Crippen molar-refractivity contribution in [3.05, 3.63) is 0 Å². The molecule has 0 aliphatic carbocycles. The van der Waals surface area contributed by atoms with Crippen LogP contribution in [0.4, 0.5) is 0 Å². The van der Waals surface area contributed by atoms with E-state index in [2.05, 4.69) is 13.8 Å². The summed E-state index contributed by atoms with van der Waals surface area (Å²) in [5.41, 5.74) is 0.127. The molecule has 0 atom stereocenters. The number of unbranched alkanes of at least 4 members (excludes halogenated alkanes) is 2. The molecule has 0 saturated carbocycles. The summed E-state index contributed by atoms with van der Waals surface area (Å²) in [6, 6.07) is 0. The smallest absolute Gasteiger partial charge is 0.303 e. The molecule has 0 aliphatic heterocycles. The van der Waals surface area contributed by atoms with Gasteiger partial charge in [-0.1, -0.05) is 39.5 Å². The highest BCUT2D eigenvalue weighted by Crippen LogP contribution is 2.37. The molecule has 0 aromatic rings. The molecule has 4 heteroatoms. The quantitative estimate of drug-likeness (QED) is 0.554. The predicted molar refractivity (Wildman–Crippen MR) is 70.6 cm³/mol. The van der Waals surface area contributed by atoms with Gasteiger partial charge in [0.25, 0.3) is 0 Å². The third-order valence-electron chi connectivity index (χ3n) is 3.97. The van der Waals surface area contributed by atoms with E-state index in [4.69, 9.17) is 10.2 Å². The van der Waals surface area contributed by atoms with Crippen LogP contribution in [0.1, 0.15) is 71.6 Å². The zero-order valence-corrected chi connectivity index (χ0v) is 11.6. The summed E-state index contributed by atoms with van der Waals surface area (Å²) in [7, 11) is 0. The van der Waals surface area contributed by atoms with Gasteiger partial charge in [-0.3, -0.25) is 9.59 Å². The minimum absolute atomic E-state index is 0.127. The number of carboxylic acids is 2. The molecule has 4 nitrogen and oxygen atoms in total. The van der Waals surface area contributed by atoms with Crippen molar-refractivity contribution in [1.82, 2.24) is 0 Å². The second kappa shape index (κ2) is 8.95. The Kier molecular flexibility index (Phi) is 8.42. The molecule has 0 bridgehead atoms. The van der Waals surface area contributed by atoms with E-state index in [1.807, 2.05) is 0 Å². The van der Waals surface area contributed by atoms with Crippen molar-refractivity contribution < 1.29 is 19.8 Å². The van der Waals surface area contributed by atoms with Gasteiger partial charge in [0.05, 0.1) is 0 Å². The van der Waals surface area contributed by atoms with Gasteiger partial charge < -0.3 is 10.2 Å². The average Bonchev–Trinajstić information content (AvgIpc) is 2.32. The van der Waals surface area contributed by atoms with E-state index >= 15 is 0 Å². The number of hydrogen-bond acceptors (Lipinski definition) is 2. The summed E-state index contributed by atoms with van der Waals surface area (Å²) < 4.78 is 0. The van der Waals surface area contributed by atoms with E-state index in [1.54, 1.807) is 0 Å². The highest BCUT2D eigenvalue weighted by Gasteiger charge is 2.26. The average molecular weight is 258 g/mol. The minimum atomic E-state index is -0.738. The van der Waals surface area contributed by atoms with Crippen LogP contribution < -0.4 is 0 Å². The standard InChI is InChI=1S/C14H26O4/c1-3-14(4-2,11-9-13(17)18)10-7-5-6-8-12(15)16/h3-11H2,1-2H3,(H,15,16)(H,17,18). The molecule has 0 saturated heterocycles. The van der Waals surface area contributed by atoms with Crippen LogP contribution in [0.5, 0.6) is 0 Å². The van der Waals surface area contributed by atoms with Crippen molar-refractivity contribution in [2.75, 3.05) is 0 Å². The maximum Gasteiger partial charge on any atom is 0.303 e. The monoisotopic (exact) mass is 258 g/mol. The number of carbonyl (C=O) groups is 2. The van der Waals surface area contributed by atoms with Crippen molar-refractivity contribution >= 4 is 11.9 Å². The lowest BCUT2D eigenvalue weighted by atomic mass is 9.74. The van der Waals surface area contributed by atoms with E-state index in [9.17, 15) is 9.59 Å². The van der Waals surface area contributed by atoms with E-state index in [-0.39, 0.29) is 18.3 Å². The number of rotatable bonds is 11. The number of aliphatic carboxylic acids is 2. The molecule has 0 aromatic carbocycles. The zero-order valence-electron chi connectivity index (χ0n) is 11.6. The number of carboxylic acid groups (broad SMARTS) is 2. The third-order valence-corrected chi connectivity index (χ3v) is 3.97. The van der Waals surface area contributed by atoms with Crippen LogP contribution in [-0.2, 0) is 9.59 Å². The molecule has 0 rings (SSSR count). The van der Waals surface area contributed by atoms with Gasteiger partial charge in [-0.05, 0) is 24.7 Å². The third kappa shape index (κ3) is 7.30. The van der Waals surface area contributed by atoms with Crippen molar-refractivity contribution in [3.8, 4) is 0 Å². The van der Waals surface area contributed by atoms with Gasteiger partial charge in [-0.15, -0.1) is 0 Å². The highest BCUT2D eigenvalue weighted by atomic mass is 16.4. The second-order valence-corrected chi connectivity index (χ2v) is 5.06. The topological polar surface area (TPSA) is 74.6 Å². The first-order valence-electron chi connectivity index (χ1n) is 6.89. The molecule has 0 amide bonds. The zero-order chi connectivity index (χ0) is 14.0. The Morgan fingerprint density at radius 2 is 1.39 bits per heavy atom. The van der Waals surface area contributed by atoms with Crippen LogP contribution >= 0.6 is 0 Å². The van der Waals surface area contributed by atoms with Gasteiger partial charge in [0.2, 0.25) is 0 Å². The Morgan fingerprint density at radius 3 is 1.83 bits per heavy atom. The van der Waals surface area contributed by atoms with Gasteiger partial charge in [0.15, 0.2) is 0 Å².